The van der Waals surface area contributed by atoms with Crippen molar-refractivity contribution in [3.63, 3.8) is 0 Å². The lowest BCUT2D eigenvalue weighted by Gasteiger charge is -1.73. The van der Waals surface area contributed by atoms with Gasteiger partial charge in [-0.15, -0.1) is 10.3 Å². The topological polar surface area (TPSA) is 32.3 Å². The molecule has 2 nitrogen and oxygen atoms in total. The third-order valence-electron chi connectivity index (χ3n) is 0.182. The Balaban J connectivity index is 2.54. The molecule has 0 aromatic carbocycles. The number of rotatable bonds is 2. The van der Waals surface area contributed by atoms with Crippen LogP contribution in [0.1, 0.15) is 0 Å². The quantitative estimate of drug-likeness (QED) is 0.371. The average Bonchev–Trinajstić information content (AvgIpc) is 1.61. The Morgan fingerprint density at radius 2 is 2.67 bits per heavy atom. The van der Waals surface area contributed by atoms with Crippen LogP contribution in [-0.4, -0.2) is 6.61 Å². The van der Waals surface area contributed by atoms with Crippen molar-refractivity contribution in [1.29, 1.82) is 0 Å². The van der Waals surface area contributed by atoms with Crippen molar-refractivity contribution in [2.24, 2.45) is 0 Å². The van der Waals surface area contributed by atoms with Gasteiger partial charge >= 0.3 is 15.5 Å². The minimum absolute atomic E-state index is 0.142. The van der Waals surface area contributed by atoms with E-state index in [9.17, 15) is 4.20 Å². The van der Waals surface area contributed by atoms with Crippen LogP contribution in [0, 0.1) is 27.9 Å². The molecule has 34 valence electrons. The van der Waals surface area contributed by atoms with Crippen LogP contribution in [0.5, 0.6) is 0 Å². The first-order valence-corrected chi connectivity index (χ1v) is 2.53. The van der Waals surface area contributed by atoms with Gasteiger partial charge in [-0.05, 0) is 0 Å². The number of hydrogen-bond acceptors (Lipinski definition) is 2. The molecule has 0 atom stereocenters. The molecule has 3 heteroatoms. The summed E-state index contributed by atoms with van der Waals surface area (Å²) in [5.41, 5.74) is 0. The second-order valence-corrected chi connectivity index (χ2v) is 1.24. The molecule has 0 aliphatic carbocycles. The van der Waals surface area contributed by atoms with Gasteiger partial charge in [-0.3, -0.25) is 0 Å². The van der Waals surface area contributed by atoms with E-state index < -0.39 is 15.5 Å². The Labute approximate surface area is 43.3 Å². The Kier molecular flexibility index (Phi) is 4.93. The van der Waals surface area contributed by atoms with Gasteiger partial charge in [0.05, 0.1) is 0 Å². The summed E-state index contributed by atoms with van der Waals surface area (Å²) in [6, 6.07) is 0. The van der Waals surface area contributed by atoms with Crippen molar-refractivity contribution in [1.82, 2.24) is 0 Å². The van der Waals surface area contributed by atoms with Gasteiger partial charge in [-0.25, -0.2) is 0 Å². The van der Waals surface area contributed by atoms with Crippen LogP contribution in [0.2, 0.25) is 0 Å². The molecule has 0 aromatic rings. The van der Waals surface area contributed by atoms with Crippen LogP contribution < -0.4 is 4.20 Å². The molecule has 0 unspecified atom stereocenters. The van der Waals surface area contributed by atoms with E-state index in [-0.39, 0.29) is 6.61 Å². The molecular weight excluding hydrogens is 148 g/mol. The lowest BCUT2D eigenvalue weighted by atomic mass is 10.8. The molecule has 0 aromatic heterocycles. The molecule has 0 amide bonds. The molecular formula is C3H3BrO2. The standard InChI is InChI=1S/C3H3BrO2/c1-2-3-6-4-5/h1H,3H2. The minimum Gasteiger partial charge on any atom is -0.550 e. The number of hydrogen-bond donors (Lipinski definition) is 0. The maximum absolute atomic E-state index is 9.40. The molecule has 0 radical (unpaired) electrons. The van der Waals surface area contributed by atoms with E-state index in [0.717, 1.165) is 0 Å². The van der Waals surface area contributed by atoms with Crippen molar-refractivity contribution in [3.05, 3.63) is 0 Å². The highest BCUT2D eigenvalue weighted by Gasteiger charge is 1.83. The summed E-state index contributed by atoms with van der Waals surface area (Å²) in [7, 11) is 0. The maximum Gasteiger partial charge on any atom is 0.421 e. The third-order valence-corrected chi connectivity index (χ3v) is 0.598. The van der Waals surface area contributed by atoms with Gasteiger partial charge in [-0.2, -0.15) is 0 Å². The zero-order valence-corrected chi connectivity index (χ0v) is 4.56. The van der Waals surface area contributed by atoms with Crippen LogP contribution in [0.25, 0.3) is 0 Å². The lowest BCUT2D eigenvalue weighted by molar-refractivity contribution is -1.27. The van der Waals surface area contributed by atoms with E-state index >= 15 is 0 Å². The van der Waals surface area contributed by atoms with Crippen LogP contribution in [0.15, 0.2) is 0 Å². The van der Waals surface area contributed by atoms with E-state index in [4.69, 9.17) is 6.42 Å². The summed E-state index contributed by atoms with van der Waals surface area (Å²) in [5, 5.41) is 0. The highest BCUT2D eigenvalue weighted by Crippen LogP contribution is 1.62. The summed E-state index contributed by atoms with van der Waals surface area (Å²) in [6.07, 6.45) is 4.71. The van der Waals surface area contributed by atoms with Gasteiger partial charge in [-0.1, -0.05) is 5.92 Å². The number of halogens is 1. The predicted molar refractivity (Wildman–Crippen MR) is 14.8 cm³/mol. The van der Waals surface area contributed by atoms with Crippen LogP contribution in [0.4, 0.5) is 0 Å². The van der Waals surface area contributed by atoms with Crippen molar-refractivity contribution >= 4 is 0 Å². The fourth-order valence-electron chi connectivity index (χ4n) is 0.0538. The first kappa shape index (κ1) is 5.96. The van der Waals surface area contributed by atoms with Crippen molar-refractivity contribution in [2.45, 2.75) is 0 Å². The molecule has 0 rings (SSSR count). The van der Waals surface area contributed by atoms with Crippen molar-refractivity contribution in [2.75, 3.05) is 6.61 Å². The smallest absolute Gasteiger partial charge is 0.421 e. The minimum atomic E-state index is -0.752. The van der Waals surface area contributed by atoms with E-state index in [1.165, 1.54) is 0 Å². The first-order chi connectivity index (χ1) is 2.91. The molecule has 0 fully saturated rings. The molecule has 0 heterocycles. The largest absolute Gasteiger partial charge is 0.550 e. The van der Waals surface area contributed by atoms with Crippen LogP contribution in [0.3, 0.4) is 0 Å². The molecule has 0 aliphatic rings. The molecule has 0 spiro atoms. The van der Waals surface area contributed by atoms with Crippen LogP contribution >= 0.6 is 0 Å². The normalized spacial score (nSPS) is 7.33. The summed E-state index contributed by atoms with van der Waals surface area (Å²) in [4.78, 5) is 0. The molecule has 0 bridgehead atoms. The SMILES string of the molecule is C#CCO[Br+][O-]. The fraction of sp³-hybridized carbons (Fsp3) is 0.333. The van der Waals surface area contributed by atoms with E-state index in [2.05, 4.69) is 9.75 Å². The molecule has 0 saturated heterocycles. The van der Waals surface area contributed by atoms with Gasteiger partial charge in [0.15, 0.2) is 6.61 Å². The zero-order valence-electron chi connectivity index (χ0n) is 2.98. The Hall–Kier alpha value is -0.0400. The monoisotopic (exact) mass is 150 g/mol. The van der Waals surface area contributed by atoms with Gasteiger partial charge in [0, 0.05) is 0 Å². The van der Waals surface area contributed by atoms with E-state index in [0.29, 0.717) is 0 Å². The average molecular weight is 151 g/mol. The third kappa shape index (κ3) is 3.96. The first-order valence-electron chi connectivity index (χ1n) is 1.24. The van der Waals surface area contributed by atoms with Gasteiger partial charge in [0.2, 0.25) is 0 Å². The molecule has 0 saturated carbocycles. The summed E-state index contributed by atoms with van der Waals surface area (Å²) in [5.74, 6) is 2.15. The Morgan fingerprint density at radius 3 is 2.83 bits per heavy atom. The fourth-order valence-corrected chi connectivity index (χ4v) is 0.279. The molecule has 0 N–H and O–H groups in total. The second-order valence-electron chi connectivity index (χ2n) is 0.521. The zero-order chi connectivity index (χ0) is 4.83. The van der Waals surface area contributed by atoms with E-state index in [1.54, 1.807) is 0 Å². The van der Waals surface area contributed by atoms with Crippen molar-refractivity contribution < 1.29 is 23.6 Å². The van der Waals surface area contributed by atoms with Gasteiger partial charge in [0.1, 0.15) is 0 Å². The summed E-state index contributed by atoms with van der Waals surface area (Å²) >= 11 is -0.752. The second kappa shape index (κ2) is 4.96. The highest BCUT2D eigenvalue weighted by atomic mass is 79.9. The molecule has 0 aliphatic heterocycles. The summed E-state index contributed by atoms with van der Waals surface area (Å²) in [6.45, 7) is 0.142. The Bertz CT molecular complexity index is 56.3. The molecule has 6 heavy (non-hydrogen) atoms. The predicted octanol–water partition coefficient (Wildman–Crippen LogP) is -1.09. The van der Waals surface area contributed by atoms with Crippen LogP contribution in [-0.2, 0) is 3.83 Å². The number of terminal acetylenes is 1. The van der Waals surface area contributed by atoms with Gasteiger partial charge in [0.25, 0.3) is 0 Å². The Morgan fingerprint density at radius 1 is 2.00 bits per heavy atom. The van der Waals surface area contributed by atoms with Gasteiger partial charge < -0.3 is 4.20 Å². The lowest BCUT2D eigenvalue weighted by Crippen LogP contribution is -2.03. The maximum atomic E-state index is 9.40. The van der Waals surface area contributed by atoms with Crippen molar-refractivity contribution in [3.8, 4) is 12.3 Å². The van der Waals surface area contributed by atoms with E-state index in [1.807, 2.05) is 0 Å². The summed E-state index contributed by atoms with van der Waals surface area (Å²) < 4.78 is 13.6. The highest BCUT2D eigenvalue weighted by molar-refractivity contribution is 4.81.